The van der Waals surface area contributed by atoms with Crippen molar-refractivity contribution in [2.24, 2.45) is 0 Å². The lowest BCUT2D eigenvalue weighted by Crippen LogP contribution is -2.01. The van der Waals surface area contributed by atoms with E-state index >= 15 is 0 Å². The Bertz CT molecular complexity index is 497. The van der Waals surface area contributed by atoms with E-state index in [0.717, 1.165) is 0 Å². The third-order valence-electron chi connectivity index (χ3n) is 1.75. The largest absolute Gasteiger partial charge is 0.478 e. The molecule has 0 radical (unpaired) electrons. The molecule has 1 rings (SSSR count). The van der Waals surface area contributed by atoms with Gasteiger partial charge < -0.3 is 5.11 Å². The second-order valence-corrected chi connectivity index (χ2v) is 4.05. The van der Waals surface area contributed by atoms with Crippen LogP contribution in [0.2, 0.25) is 5.02 Å². The summed E-state index contributed by atoms with van der Waals surface area (Å²) >= 11 is 5.66. The van der Waals surface area contributed by atoms with Crippen LogP contribution in [0.15, 0.2) is 29.7 Å². The normalized spacial score (nSPS) is 10.3. The van der Waals surface area contributed by atoms with Crippen LogP contribution in [0.3, 0.4) is 0 Å². The number of rotatable bonds is 3. The minimum atomic E-state index is -2.95. The summed E-state index contributed by atoms with van der Waals surface area (Å²) in [6.07, 6.45) is 0. The fourth-order valence-corrected chi connectivity index (χ4v) is 2.10. The molecule has 1 aromatic carbocycles. The number of carbonyl (C=O) groups is 1. The van der Waals surface area contributed by atoms with E-state index in [1.165, 1.54) is 18.2 Å². The summed E-state index contributed by atoms with van der Waals surface area (Å²) in [6.45, 7) is 3.28. The number of benzene rings is 1. The molecule has 15 heavy (non-hydrogen) atoms. The smallest absolute Gasteiger partial charge is 0.335 e. The van der Waals surface area contributed by atoms with Gasteiger partial charge in [0.2, 0.25) is 0 Å². The van der Waals surface area contributed by atoms with Crippen LogP contribution in [0, 0.1) is 0 Å². The van der Waals surface area contributed by atoms with Crippen molar-refractivity contribution in [1.29, 1.82) is 0 Å². The fourth-order valence-electron chi connectivity index (χ4n) is 1.06. The molecule has 0 atom stereocenters. The summed E-state index contributed by atoms with van der Waals surface area (Å²) in [5.74, 6) is -1.28. The lowest BCUT2D eigenvalue weighted by Gasteiger charge is -2.05. The molecule has 0 amide bonds. The molecule has 0 heterocycles. The first-order valence-electron chi connectivity index (χ1n) is 3.80. The lowest BCUT2D eigenvalue weighted by atomic mass is 10.1. The summed E-state index contributed by atoms with van der Waals surface area (Å²) in [4.78, 5) is 10.4. The van der Waals surface area contributed by atoms with Crippen molar-refractivity contribution in [3.63, 3.8) is 0 Å². The van der Waals surface area contributed by atoms with Gasteiger partial charge in [0, 0.05) is 5.56 Å². The van der Waals surface area contributed by atoms with Gasteiger partial charge in [-0.15, -0.1) is 0 Å². The molecule has 1 N–H and O–H groups in total. The minimum absolute atomic E-state index is 0.00832. The maximum Gasteiger partial charge on any atom is 0.335 e. The van der Waals surface area contributed by atoms with Crippen molar-refractivity contribution in [2.45, 2.75) is 4.90 Å². The van der Waals surface area contributed by atoms with Crippen LogP contribution < -0.4 is 0 Å². The molecule has 0 saturated heterocycles. The van der Waals surface area contributed by atoms with Crippen molar-refractivity contribution in [3.8, 4) is 0 Å². The number of hydrogen-bond donors (Lipinski definition) is 2. The summed E-state index contributed by atoms with van der Waals surface area (Å²) in [6, 6.07) is 4.19. The average Bonchev–Trinajstić information content (AvgIpc) is 2.15. The van der Waals surface area contributed by atoms with Crippen LogP contribution in [-0.4, -0.2) is 19.5 Å². The van der Waals surface area contributed by atoms with Crippen molar-refractivity contribution in [2.75, 3.05) is 0 Å². The van der Waals surface area contributed by atoms with Gasteiger partial charge >= 0.3 is 5.97 Å². The minimum Gasteiger partial charge on any atom is -0.478 e. The van der Waals surface area contributed by atoms with Gasteiger partial charge in [-0.05, 0) is 6.07 Å². The zero-order chi connectivity index (χ0) is 11.6. The summed E-state index contributed by atoms with van der Waals surface area (Å²) in [5.41, 5.74) is -0.280. The first-order valence-corrected chi connectivity index (χ1v) is 5.36. The molecular formula is C9H7ClO4S. The van der Waals surface area contributed by atoms with E-state index in [-0.39, 0.29) is 21.1 Å². The molecule has 1 aromatic rings. The maximum absolute atomic E-state index is 10.9. The van der Waals surface area contributed by atoms with E-state index in [9.17, 15) is 13.2 Å². The first kappa shape index (κ1) is 11.7. The SMILES string of the molecule is C=C(C(=O)O)c1cccc(Cl)c1[SH](=O)=O. The molecule has 0 aliphatic carbocycles. The summed E-state index contributed by atoms with van der Waals surface area (Å²) in [5, 5.41) is 8.68. The highest BCUT2D eigenvalue weighted by Crippen LogP contribution is 2.26. The molecule has 0 aromatic heterocycles. The van der Waals surface area contributed by atoms with E-state index in [1.807, 2.05) is 0 Å². The van der Waals surface area contributed by atoms with Gasteiger partial charge in [0.05, 0.1) is 15.5 Å². The van der Waals surface area contributed by atoms with Crippen LogP contribution in [0.1, 0.15) is 5.56 Å². The Morgan fingerprint density at radius 3 is 2.47 bits per heavy atom. The lowest BCUT2D eigenvalue weighted by molar-refractivity contribution is -0.130. The van der Waals surface area contributed by atoms with Gasteiger partial charge in [-0.3, -0.25) is 0 Å². The molecule has 0 saturated carbocycles. The highest BCUT2D eigenvalue weighted by molar-refractivity contribution is 7.72. The van der Waals surface area contributed by atoms with Crippen molar-refractivity contribution in [1.82, 2.24) is 0 Å². The number of aliphatic carboxylic acids is 1. The number of carboxylic acid groups (broad SMARTS) is 1. The van der Waals surface area contributed by atoms with Crippen LogP contribution in [0.5, 0.6) is 0 Å². The Morgan fingerprint density at radius 1 is 1.40 bits per heavy atom. The molecule has 0 aliphatic heterocycles. The van der Waals surface area contributed by atoms with Gasteiger partial charge in [-0.25, -0.2) is 13.2 Å². The molecule has 4 nitrogen and oxygen atoms in total. The van der Waals surface area contributed by atoms with Crippen molar-refractivity contribution < 1.29 is 18.3 Å². The van der Waals surface area contributed by atoms with Crippen molar-refractivity contribution in [3.05, 3.63) is 35.4 Å². The van der Waals surface area contributed by atoms with E-state index in [1.54, 1.807) is 0 Å². The topological polar surface area (TPSA) is 71.4 Å². The van der Waals surface area contributed by atoms with Crippen LogP contribution in [0.25, 0.3) is 5.57 Å². The molecule has 0 bridgehead atoms. The Morgan fingerprint density at radius 2 is 2.00 bits per heavy atom. The van der Waals surface area contributed by atoms with E-state index in [4.69, 9.17) is 16.7 Å². The van der Waals surface area contributed by atoms with Crippen LogP contribution in [0.4, 0.5) is 0 Å². The van der Waals surface area contributed by atoms with E-state index in [0.29, 0.717) is 0 Å². The van der Waals surface area contributed by atoms with Gasteiger partial charge in [0.1, 0.15) is 0 Å². The molecular weight excluding hydrogens is 240 g/mol. The van der Waals surface area contributed by atoms with E-state index in [2.05, 4.69) is 6.58 Å². The Balaban J connectivity index is 3.49. The van der Waals surface area contributed by atoms with Gasteiger partial charge in [-0.2, -0.15) is 0 Å². The molecule has 80 valence electrons. The molecule has 6 heteroatoms. The molecule has 0 fully saturated rings. The zero-order valence-electron chi connectivity index (χ0n) is 7.44. The molecule has 0 spiro atoms. The van der Waals surface area contributed by atoms with Crippen molar-refractivity contribution >= 4 is 33.8 Å². The average molecular weight is 247 g/mol. The van der Waals surface area contributed by atoms with E-state index < -0.39 is 16.7 Å². The number of halogens is 1. The van der Waals surface area contributed by atoms with Crippen LogP contribution in [-0.2, 0) is 15.5 Å². The second-order valence-electron chi connectivity index (χ2n) is 2.68. The third kappa shape index (κ3) is 2.37. The second kappa shape index (κ2) is 4.46. The number of thiol groups is 1. The number of carboxylic acids is 1. The Labute approximate surface area is 92.8 Å². The summed E-state index contributed by atoms with van der Waals surface area (Å²) < 4.78 is 21.8. The predicted octanol–water partition coefficient (Wildman–Crippen LogP) is 1.41. The van der Waals surface area contributed by atoms with Gasteiger partial charge in [-0.1, -0.05) is 30.3 Å². The molecule has 0 aliphatic rings. The fraction of sp³-hybridized carbons (Fsp3) is 0. The summed E-state index contributed by atoms with van der Waals surface area (Å²) in [7, 11) is -2.95. The Kier molecular flexibility index (Phi) is 3.49. The highest BCUT2D eigenvalue weighted by atomic mass is 35.5. The van der Waals surface area contributed by atoms with Crippen LogP contribution >= 0.6 is 11.6 Å². The predicted molar refractivity (Wildman–Crippen MR) is 56.7 cm³/mol. The Hall–Kier alpha value is -1.33. The first-order chi connectivity index (χ1) is 6.95. The molecule has 0 unspecified atom stereocenters. The zero-order valence-corrected chi connectivity index (χ0v) is 9.09. The number of hydrogen-bond acceptors (Lipinski definition) is 3. The highest BCUT2D eigenvalue weighted by Gasteiger charge is 2.16. The quantitative estimate of drug-likeness (QED) is 0.625. The monoisotopic (exact) mass is 246 g/mol. The standard InChI is InChI=1S/C9H7ClO4S/c1-5(9(11)12)6-3-2-4-7(10)8(6)15(13)14/h2-4,15H,1H2,(H,11,12). The third-order valence-corrected chi connectivity index (χ3v) is 3.05. The van der Waals surface area contributed by atoms with Gasteiger partial charge in [0.25, 0.3) is 0 Å². The maximum atomic E-state index is 10.9. The van der Waals surface area contributed by atoms with Gasteiger partial charge in [0.15, 0.2) is 10.7 Å².